The van der Waals surface area contributed by atoms with Crippen molar-refractivity contribution in [3.05, 3.63) is 18.0 Å². The van der Waals surface area contributed by atoms with Gasteiger partial charge in [-0.05, 0) is 32.4 Å². The summed E-state index contributed by atoms with van der Waals surface area (Å²) in [7, 11) is 0. The second-order valence-corrected chi connectivity index (χ2v) is 3.55. The van der Waals surface area contributed by atoms with Gasteiger partial charge >= 0.3 is 0 Å². The number of hydrogen-bond donors (Lipinski definition) is 1. The van der Waals surface area contributed by atoms with Crippen molar-refractivity contribution in [2.24, 2.45) is 0 Å². The molecule has 0 saturated heterocycles. The molecule has 1 atom stereocenters. The fourth-order valence-corrected chi connectivity index (χ4v) is 1.26. The molecule has 0 aliphatic heterocycles. The third-order valence-electron chi connectivity index (χ3n) is 2.05. The molecule has 1 heterocycles. The molecule has 74 valence electrons. The van der Waals surface area contributed by atoms with E-state index in [0.29, 0.717) is 6.04 Å². The van der Waals surface area contributed by atoms with E-state index in [2.05, 4.69) is 37.4 Å². The van der Waals surface area contributed by atoms with Gasteiger partial charge in [-0.3, -0.25) is 4.68 Å². The van der Waals surface area contributed by atoms with E-state index in [-0.39, 0.29) is 0 Å². The molecule has 1 aromatic heterocycles. The maximum Gasteiger partial charge on any atom is 0.0615 e. The first-order valence-electron chi connectivity index (χ1n) is 4.95. The molecule has 0 aliphatic carbocycles. The van der Waals surface area contributed by atoms with Crippen molar-refractivity contribution in [3.63, 3.8) is 0 Å². The summed E-state index contributed by atoms with van der Waals surface area (Å²) >= 11 is 0. The third kappa shape index (κ3) is 3.19. The molecule has 0 aromatic carbocycles. The fourth-order valence-electron chi connectivity index (χ4n) is 1.26. The van der Waals surface area contributed by atoms with Crippen LogP contribution in [0, 0.1) is 6.92 Å². The SMILES string of the molecule is CCCNCC(C)n1cc(C)cn1. The zero-order chi connectivity index (χ0) is 9.68. The van der Waals surface area contributed by atoms with E-state index in [0.717, 1.165) is 13.1 Å². The molecular formula is C10H19N3. The number of aromatic nitrogens is 2. The van der Waals surface area contributed by atoms with Crippen molar-refractivity contribution < 1.29 is 0 Å². The zero-order valence-electron chi connectivity index (χ0n) is 8.75. The van der Waals surface area contributed by atoms with Crippen LogP contribution < -0.4 is 5.32 Å². The van der Waals surface area contributed by atoms with Gasteiger partial charge in [-0.2, -0.15) is 5.10 Å². The Morgan fingerprint density at radius 1 is 1.62 bits per heavy atom. The highest BCUT2D eigenvalue weighted by Crippen LogP contribution is 2.03. The van der Waals surface area contributed by atoms with Crippen LogP contribution >= 0.6 is 0 Å². The molecule has 3 heteroatoms. The second-order valence-electron chi connectivity index (χ2n) is 3.55. The normalized spacial score (nSPS) is 13.2. The largest absolute Gasteiger partial charge is 0.315 e. The molecule has 0 bridgehead atoms. The minimum atomic E-state index is 0.445. The van der Waals surface area contributed by atoms with Gasteiger partial charge in [0.15, 0.2) is 0 Å². The summed E-state index contributed by atoms with van der Waals surface area (Å²) < 4.78 is 2.01. The highest BCUT2D eigenvalue weighted by Gasteiger charge is 2.03. The van der Waals surface area contributed by atoms with Gasteiger partial charge in [-0.1, -0.05) is 6.92 Å². The van der Waals surface area contributed by atoms with Crippen molar-refractivity contribution in [2.75, 3.05) is 13.1 Å². The van der Waals surface area contributed by atoms with E-state index in [1.807, 2.05) is 10.9 Å². The minimum absolute atomic E-state index is 0.445. The third-order valence-corrected chi connectivity index (χ3v) is 2.05. The Morgan fingerprint density at radius 2 is 2.38 bits per heavy atom. The van der Waals surface area contributed by atoms with Gasteiger partial charge in [0.05, 0.1) is 12.2 Å². The van der Waals surface area contributed by atoms with E-state index in [1.165, 1.54) is 12.0 Å². The van der Waals surface area contributed by atoms with Crippen LogP contribution in [0.5, 0.6) is 0 Å². The van der Waals surface area contributed by atoms with Crippen LogP contribution in [0.15, 0.2) is 12.4 Å². The van der Waals surface area contributed by atoms with Crippen LogP contribution in [0.25, 0.3) is 0 Å². The van der Waals surface area contributed by atoms with Crippen LogP contribution in [0.3, 0.4) is 0 Å². The Balaban J connectivity index is 2.35. The topological polar surface area (TPSA) is 29.9 Å². The van der Waals surface area contributed by atoms with E-state index < -0.39 is 0 Å². The maximum absolute atomic E-state index is 4.27. The lowest BCUT2D eigenvalue weighted by atomic mass is 10.3. The lowest BCUT2D eigenvalue weighted by Crippen LogP contribution is -2.24. The van der Waals surface area contributed by atoms with Crippen molar-refractivity contribution in [3.8, 4) is 0 Å². The quantitative estimate of drug-likeness (QED) is 0.701. The number of hydrogen-bond acceptors (Lipinski definition) is 2. The molecule has 0 radical (unpaired) electrons. The highest BCUT2D eigenvalue weighted by molar-refractivity contribution is 5.00. The molecule has 1 aromatic rings. The van der Waals surface area contributed by atoms with Crippen LogP contribution in [-0.2, 0) is 0 Å². The lowest BCUT2D eigenvalue weighted by molar-refractivity contribution is 0.454. The summed E-state index contributed by atoms with van der Waals surface area (Å²) in [6, 6.07) is 0.445. The molecule has 1 rings (SSSR count). The van der Waals surface area contributed by atoms with Crippen LogP contribution in [0.2, 0.25) is 0 Å². The summed E-state index contributed by atoms with van der Waals surface area (Å²) in [5, 5.41) is 7.65. The number of aryl methyl sites for hydroxylation is 1. The maximum atomic E-state index is 4.27. The average Bonchev–Trinajstić information content (AvgIpc) is 2.52. The van der Waals surface area contributed by atoms with Gasteiger partial charge in [0, 0.05) is 12.7 Å². The first-order valence-corrected chi connectivity index (χ1v) is 4.95. The first-order chi connectivity index (χ1) is 6.24. The lowest BCUT2D eigenvalue weighted by Gasteiger charge is -2.12. The van der Waals surface area contributed by atoms with Gasteiger partial charge in [-0.25, -0.2) is 0 Å². The zero-order valence-corrected chi connectivity index (χ0v) is 8.75. The second kappa shape index (κ2) is 5.02. The van der Waals surface area contributed by atoms with Crippen LogP contribution in [-0.4, -0.2) is 22.9 Å². The Hall–Kier alpha value is -0.830. The summed E-state index contributed by atoms with van der Waals surface area (Å²) in [6.07, 6.45) is 5.17. The molecule has 0 aliphatic rings. The van der Waals surface area contributed by atoms with Crippen LogP contribution in [0.1, 0.15) is 31.9 Å². The molecule has 0 fully saturated rings. The van der Waals surface area contributed by atoms with Gasteiger partial charge in [-0.15, -0.1) is 0 Å². The standard InChI is InChI=1S/C10H19N3/c1-4-5-11-7-10(3)13-8-9(2)6-12-13/h6,8,10-11H,4-5,7H2,1-3H3. The first kappa shape index (κ1) is 10.3. The summed E-state index contributed by atoms with van der Waals surface area (Å²) in [4.78, 5) is 0. The van der Waals surface area contributed by atoms with E-state index in [1.54, 1.807) is 0 Å². The Kier molecular flexibility index (Phi) is 3.96. The van der Waals surface area contributed by atoms with Crippen LogP contribution in [0.4, 0.5) is 0 Å². The number of rotatable bonds is 5. The number of nitrogens with zero attached hydrogens (tertiary/aromatic N) is 2. The summed E-state index contributed by atoms with van der Waals surface area (Å²) in [5.74, 6) is 0. The Bertz CT molecular complexity index is 242. The van der Waals surface area contributed by atoms with E-state index in [4.69, 9.17) is 0 Å². The molecule has 0 spiro atoms. The molecule has 3 nitrogen and oxygen atoms in total. The van der Waals surface area contributed by atoms with Gasteiger partial charge in [0.1, 0.15) is 0 Å². The van der Waals surface area contributed by atoms with Crippen molar-refractivity contribution >= 4 is 0 Å². The molecule has 13 heavy (non-hydrogen) atoms. The fraction of sp³-hybridized carbons (Fsp3) is 0.700. The molecule has 0 saturated carbocycles. The monoisotopic (exact) mass is 181 g/mol. The number of nitrogens with one attached hydrogen (secondary N) is 1. The van der Waals surface area contributed by atoms with Crippen molar-refractivity contribution in [1.82, 2.24) is 15.1 Å². The highest BCUT2D eigenvalue weighted by atomic mass is 15.3. The Labute approximate surface area is 80.1 Å². The molecule has 1 unspecified atom stereocenters. The molecule has 1 N–H and O–H groups in total. The van der Waals surface area contributed by atoms with Gasteiger partial charge in [0.2, 0.25) is 0 Å². The predicted molar refractivity (Wildman–Crippen MR) is 54.8 cm³/mol. The van der Waals surface area contributed by atoms with Crippen molar-refractivity contribution in [1.29, 1.82) is 0 Å². The Morgan fingerprint density at radius 3 is 2.92 bits per heavy atom. The van der Waals surface area contributed by atoms with Gasteiger partial charge in [0.25, 0.3) is 0 Å². The van der Waals surface area contributed by atoms with E-state index >= 15 is 0 Å². The van der Waals surface area contributed by atoms with Crippen molar-refractivity contribution in [2.45, 2.75) is 33.2 Å². The average molecular weight is 181 g/mol. The summed E-state index contributed by atoms with van der Waals surface area (Å²) in [5.41, 5.74) is 1.22. The minimum Gasteiger partial charge on any atom is -0.315 e. The molecule has 0 amide bonds. The van der Waals surface area contributed by atoms with E-state index in [9.17, 15) is 0 Å². The molecular weight excluding hydrogens is 162 g/mol. The predicted octanol–water partition coefficient (Wildman–Crippen LogP) is 1.75. The van der Waals surface area contributed by atoms with Gasteiger partial charge < -0.3 is 5.32 Å². The summed E-state index contributed by atoms with van der Waals surface area (Å²) in [6.45, 7) is 8.50. The smallest absolute Gasteiger partial charge is 0.0615 e.